The van der Waals surface area contributed by atoms with E-state index in [-0.39, 0.29) is 28.8 Å². The molecule has 1 aromatic rings. The lowest BCUT2D eigenvalue weighted by Crippen LogP contribution is -2.63. The monoisotopic (exact) mass is 439 g/mol. The first-order valence-corrected chi connectivity index (χ1v) is 11.5. The molecule has 11 heteroatoms. The molecule has 0 spiro atoms. The van der Waals surface area contributed by atoms with E-state index in [4.69, 9.17) is 0 Å². The zero-order valence-electron chi connectivity index (χ0n) is 16.5. The first-order chi connectivity index (χ1) is 13.8. The lowest BCUT2D eigenvalue weighted by molar-refractivity contribution is -0.163. The summed E-state index contributed by atoms with van der Waals surface area (Å²) < 4.78 is 1.88. The number of carboxylic acids is 1. The number of aromatic nitrogens is 3. The Morgan fingerprint density at radius 1 is 1.48 bits per heavy atom. The summed E-state index contributed by atoms with van der Waals surface area (Å²) in [6.07, 6.45) is 1.81. The zero-order valence-corrected chi connectivity index (χ0v) is 18.1. The number of rotatable bonds is 7. The Labute approximate surface area is 177 Å². The fraction of sp³-hybridized carbons (Fsp3) is 0.667. The van der Waals surface area contributed by atoms with Gasteiger partial charge >= 0.3 is 5.97 Å². The number of thioether (sulfide) groups is 2. The van der Waals surface area contributed by atoms with E-state index in [0.29, 0.717) is 6.04 Å². The molecule has 158 valence electrons. The first kappa shape index (κ1) is 20.7. The van der Waals surface area contributed by atoms with Crippen molar-refractivity contribution in [3.05, 3.63) is 16.9 Å². The zero-order chi connectivity index (χ0) is 20.9. The van der Waals surface area contributed by atoms with Crippen LogP contribution in [0, 0.1) is 11.8 Å². The van der Waals surface area contributed by atoms with Gasteiger partial charge in [-0.15, -0.1) is 22.0 Å². The lowest BCUT2D eigenvalue weighted by atomic mass is 9.79. The van der Waals surface area contributed by atoms with Crippen molar-refractivity contribution in [2.75, 3.05) is 12.3 Å². The van der Waals surface area contributed by atoms with E-state index >= 15 is 0 Å². The van der Waals surface area contributed by atoms with E-state index in [2.05, 4.69) is 15.5 Å². The number of aryl methyl sites for hydroxylation is 1. The van der Waals surface area contributed by atoms with Crippen molar-refractivity contribution in [1.29, 1.82) is 0 Å². The minimum Gasteiger partial charge on any atom is -0.477 e. The topological polar surface area (TPSA) is 121 Å². The van der Waals surface area contributed by atoms with Crippen LogP contribution >= 0.6 is 23.5 Å². The standard InChI is InChI=1S/C18H25N5O4S2/c1-8-13-12(9(2)24)16(25)23(13)14(17(26)27)15(8)29-11-4-10(19-5-11)6-28-18-21-20-7-22(18)3/h7-13,19,24H,4-6H2,1-3H3,(H,26,27)/t8-,9-,10+,11+,12-,13-/m1/s1. The molecule has 1 amide bonds. The largest absolute Gasteiger partial charge is 0.477 e. The average molecular weight is 440 g/mol. The Morgan fingerprint density at radius 2 is 2.24 bits per heavy atom. The van der Waals surface area contributed by atoms with Crippen LogP contribution in [0.2, 0.25) is 0 Å². The normalized spacial score (nSPS) is 32.5. The third-order valence-corrected chi connectivity index (χ3v) is 8.58. The van der Waals surface area contributed by atoms with Crippen LogP contribution in [0.25, 0.3) is 0 Å². The van der Waals surface area contributed by atoms with Crippen LogP contribution in [0.1, 0.15) is 20.3 Å². The van der Waals surface area contributed by atoms with Gasteiger partial charge in [-0.2, -0.15) is 0 Å². The predicted molar refractivity (Wildman–Crippen MR) is 109 cm³/mol. The summed E-state index contributed by atoms with van der Waals surface area (Å²) in [4.78, 5) is 26.5. The van der Waals surface area contributed by atoms with Crippen LogP contribution in [0.3, 0.4) is 0 Å². The molecule has 3 aliphatic heterocycles. The number of aliphatic carboxylic acids is 1. The summed E-state index contributed by atoms with van der Waals surface area (Å²) in [5, 5.41) is 32.3. The van der Waals surface area contributed by atoms with Crippen molar-refractivity contribution in [3.63, 3.8) is 0 Å². The summed E-state index contributed by atoms with van der Waals surface area (Å²) in [5.41, 5.74) is 0.103. The molecule has 0 radical (unpaired) electrons. The maximum absolute atomic E-state index is 12.4. The molecule has 3 aliphatic rings. The van der Waals surface area contributed by atoms with E-state index in [1.165, 1.54) is 4.90 Å². The molecule has 0 unspecified atom stereocenters. The number of carboxylic acid groups (broad SMARTS) is 1. The second-order valence-corrected chi connectivity index (χ2v) is 10.2. The van der Waals surface area contributed by atoms with Crippen molar-refractivity contribution >= 4 is 35.4 Å². The third kappa shape index (κ3) is 3.58. The van der Waals surface area contributed by atoms with Crippen molar-refractivity contribution in [2.45, 2.75) is 48.9 Å². The Kier molecular flexibility index (Phi) is 5.66. The highest BCUT2D eigenvalue weighted by Gasteiger charge is 2.60. The van der Waals surface area contributed by atoms with Crippen molar-refractivity contribution < 1.29 is 19.8 Å². The molecule has 3 N–H and O–H groups in total. The van der Waals surface area contributed by atoms with Gasteiger partial charge in [0.25, 0.3) is 0 Å². The Bertz CT molecular complexity index is 857. The summed E-state index contributed by atoms with van der Waals surface area (Å²) in [5.74, 6) is -1.10. The Morgan fingerprint density at radius 3 is 2.86 bits per heavy atom. The van der Waals surface area contributed by atoms with Gasteiger partial charge in [-0.25, -0.2) is 4.79 Å². The first-order valence-electron chi connectivity index (χ1n) is 9.65. The number of aliphatic hydroxyl groups is 1. The van der Waals surface area contributed by atoms with E-state index in [1.54, 1.807) is 36.8 Å². The van der Waals surface area contributed by atoms with Gasteiger partial charge in [-0.3, -0.25) is 4.79 Å². The number of hydrogen-bond donors (Lipinski definition) is 3. The molecular weight excluding hydrogens is 414 g/mol. The molecule has 0 aromatic carbocycles. The highest BCUT2D eigenvalue weighted by atomic mass is 32.2. The molecule has 4 rings (SSSR count). The molecule has 9 nitrogen and oxygen atoms in total. The van der Waals surface area contributed by atoms with Crippen LogP contribution in [-0.4, -0.2) is 77.5 Å². The van der Waals surface area contributed by atoms with Crippen LogP contribution in [0.5, 0.6) is 0 Å². The predicted octanol–water partition coefficient (Wildman–Crippen LogP) is 0.525. The molecule has 2 fully saturated rings. The van der Waals surface area contributed by atoms with Gasteiger partial charge in [0.05, 0.1) is 18.1 Å². The van der Waals surface area contributed by atoms with Gasteiger partial charge in [0.2, 0.25) is 5.91 Å². The molecule has 4 heterocycles. The fourth-order valence-electron chi connectivity index (χ4n) is 4.44. The summed E-state index contributed by atoms with van der Waals surface area (Å²) in [6, 6.07) is 0.0522. The summed E-state index contributed by atoms with van der Waals surface area (Å²) in [7, 11) is 1.91. The molecule has 2 saturated heterocycles. The van der Waals surface area contributed by atoms with Gasteiger partial charge in [-0.05, 0) is 13.3 Å². The maximum Gasteiger partial charge on any atom is 0.353 e. The number of amides is 1. The average Bonchev–Trinajstić information content (AvgIpc) is 3.32. The molecule has 0 saturated carbocycles. The van der Waals surface area contributed by atoms with E-state index in [1.807, 2.05) is 18.5 Å². The number of fused-ring (bicyclic) bond motifs is 1. The van der Waals surface area contributed by atoms with Gasteiger partial charge in [-0.1, -0.05) is 18.7 Å². The van der Waals surface area contributed by atoms with E-state index < -0.39 is 18.0 Å². The highest BCUT2D eigenvalue weighted by Crippen LogP contribution is 2.51. The smallest absolute Gasteiger partial charge is 0.353 e. The second-order valence-electron chi connectivity index (χ2n) is 7.89. The molecule has 29 heavy (non-hydrogen) atoms. The quantitative estimate of drug-likeness (QED) is 0.412. The van der Waals surface area contributed by atoms with E-state index in [0.717, 1.165) is 28.8 Å². The molecule has 0 bridgehead atoms. The fourth-order valence-corrected chi connectivity index (χ4v) is 6.91. The van der Waals surface area contributed by atoms with Crippen LogP contribution in [-0.2, 0) is 16.6 Å². The van der Waals surface area contributed by atoms with Crippen molar-refractivity contribution in [2.24, 2.45) is 18.9 Å². The van der Waals surface area contributed by atoms with Gasteiger partial charge in [0.15, 0.2) is 5.16 Å². The van der Waals surface area contributed by atoms with Crippen LogP contribution < -0.4 is 5.32 Å². The Balaban J connectivity index is 1.41. The molecular formula is C18H25N5O4S2. The SMILES string of the molecule is C[C@@H](O)[C@H]1C(=O)N2C(C(=O)O)=C(S[C@@H]3CN[C@H](CSc4nncn4C)C3)[C@H](C)[C@H]12. The number of nitrogens with one attached hydrogen (secondary N) is 1. The molecule has 0 aliphatic carbocycles. The highest BCUT2D eigenvalue weighted by molar-refractivity contribution is 8.03. The number of carbonyl (C=O) groups is 2. The van der Waals surface area contributed by atoms with Crippen LogP contribution in [0.4, 0.5) is 0 Å². The summed E-state index contributed by atoms with van der Waals surface area (Å²) in [6.45, 7) is 4.34. The second kappa shape index (κ2) is 7.93. The minimum atomic E-state index is -1.07. The summed E-state index contributed by atoms with van der Waals surface area (Å²) >= 11 is 3.22. The number of aliphatic hydroxyl groups excluding tert-OH is 1. The molecule has 6 atom stereocenters. The van der Waals surface area contributed by atoms with Gasteiger partial charge < -0.3 is 25.0 Å². The van der Waals surface area contributed by atoms with Crippen molar-refractivity contribution in [1.82, 2.24) is 25.0 Å². The number of β-lactam (4-membered cyclic amide) rings is 1. The number of carbonyl (C=O) groups excluding carboxylic acids is 1. The molecule has 1 aromatic heterocycles. The van der Waals surface area contributed by atoms with E-state index in [9.17, 15) is 19.8 Å². The number of hydrogen-bond acceptors (Lipinski definition) is 8. The number of nitrogens with zero attached hydrogens (tertiary/aromatic N) is 4. The van der Waals surface area contributed by atoms with Crippen molar-refractivity contribution in [3.8, 4) is 0 Å². The lowest BCUT2D eigenvalue weighted by Gasteiger charge is -2.46. The van der Waals surface area contributed by atoms with Gasteiger partial charge in [0.1, 0.15) is 12.0 Å². The maximum atomic E-state index is 12.4. The van der Waals surface area contributed by atoms with Gasteiger partial charge in [0, 0.05) is 41.5 Å². The Hall–Kier alpha value is -1.56. The van der Waals surface area contributed by atoms with Crippen LogP contribution in [0.15, 0.2) is 22.1 Å². The third-order valence-electron chi connectivity index (χ3n) is 5.87. The minimum absolute atomic E-state index is 0.0875.